The Labute approximate surface area is 105 Å². The molecule has 1 aromatic rings. The summed E-state index contributed by atoms with van der Waals surface area (Å²) in [5, 5.41) is 10.6. The maximum Gasteiger partial charge on any atom is 0.134 e. The predicted octanol–water partition coefficient (Wildman–Crippen LogP) is 2.63. The van der Waals surface area contributed by atoms with E-state index < -0.39 is 0 Å². The fourth-order valence-electron chi connectivity index (χ4n) is 1.87. The summed E-state index contributed by atoms with van der Waals surface area (Å²) in [5.74, 6) is 3.44. The second-order valence-corrected chi connectivity index (χ2v) is 6.63. The van der Waals surface area contributed by atoms with Crippen molar-refractivity contribution in [3.8, 4) is 0 Å². The molecule has 0 aromatic carbocycles. The highest BCUT2D eigenvalue weighted by molar-refractivity contribution is 7.99. The smallest absolute Gasteiger partial charge is 0.134 e. The molecule has 5 heteroatoms. The van der Waals surface area contributed by atoms with Gasteiger partial charge in [-0.2, -0.15) is 11.8 Å². The van der Waals surface area contributed by atoms with Crippen LogP contribution in [0.3, 0.4) is 0 Å². The minimum atomic E-state index is 0.0770. The quantitative estimate of drug-likeness (QED) is 0.901. The van der Waals surface area contributed by atoms with Gasteiger partial charge in [0, 0.05) is 6.42 Å². The molecule has 2 heterocycles. The molecule has 2 N–H and O–H groups in total. The zero-order valence-electron chi connectivity index (χ0n) is 9.69. The van der Waals surface area contributed by atoms with Gasteiger partial charge < -0.3 is 5.73 Å². The van der Waals surface area contributed by atoms with Crippen molar-refractivity contribution < 1.29 is 0 Å². The Balaban J connectivity index is 1.91. The molecule has 16 heavy (non-hydrogen) atoms. The lowest BCUT2D eigenvalue weighted by Crippen LogP contribution is -2.12. The molecule has 2 rings (SSSR count). The Morgan fingerprint density at radius 3 is 2.81 bits per heavy atom. The summed E-state index contributed by atoms with van der Waals surface area (Å²) in [5.41, 5.74) is 5.95. The van der Waals surface area contributed by atoms with Crippen LogP contribution in [-0.4, -0.2) is 21.7 Å². The van der Waals surface area contributed by atoms with Crippen LogP contribution < -0.4 is 5.73 Å². The van der Waals surface area contributed by atoms with E-state index in [1.54, 1.807) is 11.3 Å². The summed E-state index contributed by atoms with van der Waals surface area (Å²) < 4.78 is 0. The largest absolute Gasteiger partial charge is 0.322 e. The molecule has 1 unspecified atom stereocenters. The van der Waals surface area contributed by atoms with Gasteiger partial charge in [0.2, 0.25) is 0 Å². The third-order valence-corrected chi connectivity index (χ3v) is 5.17. The molecular weight excluding hydrogens is 238 g/mol. The summed E-state index contributed by atoms with van der Waals surface area (Å²) >= 11 is 3.78. The molecule has 0 radical (unpaired) electrons. The molecule has 1 aliphatic heterocycles. The average molecular weight is 257 g/mol. The summed E-state index contributed by atoms with van der Waals surface area (Å²) in [7, 11) is 0. The Morgan fingerprint density at radius 1 is 1.38 bits per heavy atom. The van der Waals surface area contributed by atoms with Gasteiger partial charge in [-0.3, -0.25) is 0 Å². The fraction of sp³-hybridized carbons (Fsp3) is 0.818. The minimum absolute atomic E-state index is 0.0770. The van der Waals surface area contributed by atoms with Gasteiger partial charge in [-0.05, 0) is 36.7 Å². The first kappa shape index (κ1) is 12.3. The Hall–Kier alpha value is -0.130. The van der Waals surface area contributed by atoms with Crippen molar-refractivity contribution in [3.05, 3.63) is 10.0 Å². The van der Waals surface area contributed by atoms with Crippen LogP contribution in [0.5, 0.6) is 0 Å². The summed E-state index contributed by atoms with van der Waals surface area (Å²) in [6.45, 7) is 2.09. The van der Waals surface area contributed by atoms with Gasteiger partial charge in [-0.15, -0.1) is 10.2 Å². The van der Waals surface area contributed by atoms with E-state index in [9.17, 15) is 0 Å². The number of nitrogens with two attached hydrogens (primary N) is 1. The van der Waals surface area contributed by atoms with Gasteiger partial charge in [0.15, 0.2) is 0 Å². The van der Waals surface area contributed by atoms with E-state index in [1.165, 1.54) is 29.4 Å². The summed E-state index contributed by atoms with van der Waals surface area (Å²) in [6, 6.07) is 0.0770. The SMILES string of the molecule is CCC(N)c1nnc(CC2CCSCC2)s1. The van der Waals surface area contributed by atoms with Crippen molar-refractivity contribution >= 4 is 23.1 Å². The van der Waals surface area contributed by atoms with Crippen molar-refractivity contribution in [3.63, 3.8) is 0 Å². The molecule has 3 nitrogen and oxygen atoms in total. The van der Waals surface area contributed by atoms with Crippen LogP contribution in [0.4, 0.5) is 0 Å². The lowest BCUT2D eigenvalue weighted by molar-refractivity contribution is 0.485. The Kier molecular flexibility index (Phi) is 4.61. The van der Waals surface area contributed by atoms with Crippen molar-refractivity contribution in [2.45, 2.75) is 38.6 Å². The molecule has 1 aliphatic rings. The first-order chi connectivity index (χ1) is 7.79. The topological polar surface area (TPSA) is 51.8 Å². The van der Waals surface area contributed by atoms with Gasteiger partial charge in [0.05, 0.1) is 6.04 Å². The molecule has 90 valence electrons. The number of hydrogen-bond acceptors (Lipinski definition) is 5. The van der Waals surface area contributed by atoms with E-state index in [0.29, 0.717) is 0 Å². The van der Waals surface area contributed by atoms with E-state index in [4.69, 9.17) is 5.73 Å². The van der Waals surface area contributed by atoms with Crippen LogP contribution >= 0.6 is 23.1 Å². The number of aromatic nitrogens is 2. The van der Waals surface area contributed by atoms with E-state index in [2.05, 4.69) is 28.9 Å². The second-order valence-electron chi connectivity index (χ2n) is 4.31. The van der Waals surface area contributed by atoms with Gasteiger partial charge in [0.1, 0.15) is 10.0 Å². The molecule has 0 aliphatic carbocycles. The molecular formula is C11H19N3S2. The highest BCUT2D eigenvalue weighted by atomic mass is 32.2. The Morgan fingerprint density at radius 2 is 2.12 bits per heavy atom. The highest BCUT2D eigenvalue weighted by Crippen LogP contribution is 2.27. The molecule has 0 spiro atoms. The summed E-state index contributed by atoms with van der Waals surface area (Å²) in [6.07, 6.45) is 4.71. The van der Waals surface area contributed by atoms with E-state index in [0.717, 1.165) is 23.8 Å². The van der Waals surface area contributed by atoms with Crippen molar-refractivity contribution in [1.29, 1.82) is 0 Å². The second kappa shape index (κ2) is 5.98. The van der Waals surface area contributed by atoms with Crippen LogP contribution in [0, 0.1) is 5.92 Å². The summed E-state index contributed by atoms with van der Waals surface area (Å²) in [4.78, 5) is 0. The van der Waals surface area contributed by atoms with Gasteiger partial charge in [-0.1, -0.05) is 18.3 Å². The average Bonchev–Trinajstić information content (AvgIpc) is 2.78. The molecule has 0 amide bonds. The minimum Gasteiger partial charge on any atom is -0.322 e. The Bertz CT molecular complexity index is 321. The van der Waals surface area contributed by atoms with Gasteiger partial charge in [-0.25, -0.2) is 0 Å². The van der Waals surface area contributed by atoms with Crippen LogP contribution in [0.1, 0.15) is 42.2 Å². The normalized spacial score (nSPS) is 19.9. The maximum absolute atomic E-state index is 5.95. The number of hydrogen-bond donors (Lipinski definition) is 1. The third kappa shape index (κ3) is 3.18. The lowest BCUT2D eigenvalue weighted by atomic mass is 9.99. The molecule has 1 aromatic heterocycles. The lowest BCUT2D eigenvalue weighted by Gasteiger charge is -2.19. The zero-order chi connectivity index (χ0) is 11.4. The highest BCUT2D eigenvalue weighted by Gasteiger charge is 2.17. The van der Waals surface area contributed by atoms with Crippen LogP contribution in [0.25, 0.3) is 0 Å². The molecule has 0 saturated carbocycles. The van der Waals surface area contributed by atoms with E-state index in [-0.39, 0.29) is 6.04 Å². The van der Waals surface area contributed by atoms with Crippen molar-refractivity contribution in [2.24, 2.45) is 11.7 Å². The van der Waals surface area contributed by atoms with E-state index >= 15 is 0 Å². The number of nitrogens with zero attached hydrogens (tertiary/aromatic N) is 2. The van der Waals surface area contributed by atoms with Crippen LogP contribution in [0.15, 0.2) is 0 Å². The first-order valence-corrected chi connectivity index (χ1v) is 7.92. The monoisotopic (exact) mass is 257 g/mol. The van der Waals surface area contributed by atoms with Gasteiger partial charge >= 0.3 is 0 Å². The van der Waals surface area contributed by atoms with Crippen LogP contribution in [0.2, 0.25) is 0 Å². The standard InChI is InChI=1S/C11H19N3S2/c1-2-9(12)11-14-13-10(16-11)7-8-3-5-15-6-4-8/h8-9H,2-7,12H2,1H3. The molecule has 1 saturated heterocycles. The fourth-order valence-corrected chi connectivity index (χ4v) is 4.12. The van der Waals surface area contributed by atoms with Crippen LogP contribution in [-0.2, 0) is 6.42 Å². The molecule has 1 atom stereocenters. The van der Waals surface area contributed by atoms with Crippen molar-refractivity contribution in [1.82, 2.24) is 10.2 Å². The van der Waals surface area contributed by atoms with E-state index in [1.807, 2.05) is 0 Å². The molecule has 0 bridgehead atoms. The third-order valence-electron chi connectivity index (χ3n) is 3.04. The predicted molar refractivity (Wildman–Crippen MR) is 70.9 cm³/mol. The number of rotatable bonds is 4. The molecule has 1 fully saturated rings. The van der Waals surface area contributed by atoms with Crippen molar-refractivity contribution in [2.75, 3.05) is 11.5 Å². The van der Waals surface area contributed by atoms with Gasteiger partial charge in [0.25, 0.3) is 0 Å². The zero-order valence-corrected chi connectivity index (χ0v) is 11.3. The first-order valence-electron chi connectivity index (χ1n) is 5.95. The number of thioether (sulfide) groups is 1. The maximum atomic E-state index is 5.95.